The number of para-hydroxylation sites is 1. The lowest BCUT2D eigenvalue weighted by Gasteiger charge is -2.43. The van der Waals surface area contributed by atoms with E-state index in [1.165, 1.54) is 7.11 Å². The lowest BCUT2D eigenvalue weighted by atomic mass is 9.83. The molecular formula is C23H33N5O4. The van der Waals surface area contributed by atoms with Crippen LogP contribution in [0.3, 0.4) is 0 Å². The third-order valence-electron chi connectivity index (χ3n) is 6.87. The molecule has 4 rings (SSSR count). The second-order valence-corrected chi connectivity index (χ2v) is 9.10. The zero-order valence-corrected chi connectivity index (χ0v) is 19.1. The van der Waals surface area contributed by atoms with E-state index < -0.39 is 0 Å². The Morgan fingerprint density at radius 2 is 1.78 bits per heavy atom. The topological polar surface area (TPSA) is 85.4 Å². The Morgan fingerprint density at radius 3 is 2.41 bits per heavy atom. The number of fused-ring (bicyclic) bond motifs is 1. The zero-order valence-electron chi connectivity index (χ0n) is 19.1. The van der Waals surface area contributed by atoms with Gasteiger partial charge in [-0.2, -0.15) is 0 Å². The number of benzene rings is 1. The first-order valence-corrected chi connectivity index (χ1v) is 11.4. The summed E-state index contributed by atoms with van der Waals surface area (Å²) in [5, 5.41) is 1.62. The number of nitrogens with zero attached hydrogens (tertiary/aromatic N) is 4. The maximum Gasteiger partial charge on any atom is 0.319 e. The molecular weight excluding hydrogens is 410 g/mol. The van der Waals surface area contributed by atoms with E-state index in [1.54, 1.807) is 5.01 Å². The van der Waals surface area contributed by atoms with E-state index in [1.807, 2.05) is 40.1 Å². The summed E-state index contributed by atoms with van der Waals surface area (Å²) in [6.07, 6.45) is 0. The summed E-state index contributed by atoms with van der Waals surface area (Å²) in [6.45, 7) is 8.15. The Hall–Kier alpha value is -2.49. The van der Waals surface area contributed by atoms with Crippen LogP contribution < -0.4 is 10.4 Å². The van der Waals surface area contributed by atoms with Crippen molar-refractivity contribution in [1.29, 1.82) is 0 Å². The lowest BCUT2D eigenvalue weighted by molar-refractivity contribution is -0.144. The van der Waals surface area contributed by atoms with Crippen LogP contribution in [0.2, 0.25) is 0 Å². The minimum absolute atomic E-state index is 0.0206. The van der Waals surface area contributed by atoms with Gasteiger partial charge in [-0.25, -0.2) is 10.4 Å². The molecule has 1 N–H and O–H groups in total. The average molecular weight is 444 g/mol. The number of amides is 2. The number of carbonyl (C=O) groups is 3. The maximum atomic E-state index is 13.6. The highest BCUT2D eigenvalue weighted by Gasteiger charge is 2.52. The average Bonchev–Trinajstić information content (AvgIpc) is 3.15. The molecule has 0 spiro atoms. The van der Waals surface area contributed by atoms with Crippen LogP contribution in [-0.4, -0.2) is 97.5 Å². The van der Waals surface area contributed by atoms with E-state index in [2.05, 4.69) is 24.2 Å². The molecule has 2 amide bonds. The second-order valence-electron chi connectivity index (χ2n) is 9.10. The van der Waals surface area contributed by atoms with Crippen molar-refractivity contribution in [2.45, 2.75) is 25.9 Å². The van der Waals surface area contributed by atoms with Crippen LogP contribution in [0.5, 0.6) is 0 Å². The number of hydrogen-bond acceptors (Lipinski definition) is 7. The molecule has 9 nitrogen and oxygen atoms in total. The summed E-state index contributed by atoms with van der Waals surface area (Å²) in [5.74, 6) is -0.727. The molecule has 3 saturated heterocycles. The van der Waals surface area contributed by atoms with Crippen LogP contribution >= 0.6 is 0 Å². The number of hydrogen-bond donors (Lipinski definition) is 1. The van der Waals surface area contributed by atoms with Crippen LogP contribution in [0, 0.1) is 11.8 Å². The maximum absolute atomic E-state index is 13.6. The van der Waals surface area contributed by atoms with Crippen molar-refractivity contribution in [2.75, 3.05) is 57.9 Å². The minimum atomic E-state index is -0.305. The molecule has 9 heteroatoms. The fraction of sp³-hybridized carbons (Fsp3) is 0.609. The van der Waals surface area contributed by atoms with E-state index >= 15 is 0 Å². The van der Waals surface area contributed by atoms with Crippen molar-refractivity contribution in [3.8, 4) is 0 Å². The van der Waals surface area contributed by atoms with Gasteiger partial charge in [0.1, 0.15) is 0 Å². The zero-order chi connectivity index (χ0) is 22.8. The van der Waals surface area contributed by atoms with Gasteiger partial charge in [-0.15, -0.1) is 0 Å². The Morgan fingerprint density at radius 1 is 1.09 bits per heavy atom. The number of methoxy groups -OCH3 is 1. The largest absolute Gasteiger partial charge is 0.468 e. The fourth-order valence-corrected chi connectivity index (χ4v) is 4.92. The normalized spacial score (nSPS) is 27.0. The molecule has 0 radical (unpaired) electrons. The van der Waals surface area contributed by atoms with Crippen LogP contribution in [0.25, 0.3) is 0 Å². The number of anilines is 1. The Bertz CT molecular complexity index is 840. The van der Waals surface area contributed by atoms with E-state index in [4.69, 9.17) is 4.74 Å². The van der Waals surface area contributed by atoms with Gasteiger partial charge in [0.05, 0.1) is 37.2 Å². The van der Waals surface area contributed by atoms with Crippen molar-refractivity contribution in [3.05, 3.63) is 30.3 Å². The van der Waals surface area contributed by atoms with Crippen molar-refractivity contribution >= 4 is 23.5 Å². The summed E-state index contributed by atoms with van der Waals surface area (Å²) in [7, 11) is 1.39. The van der Waals surface area contributed by atoms with E-state index in [0.29, 0.717) is 39.3 Å². The number of carbonyl (C=O) groups excluding carboxylic acids is 3. The molecule has 174 valence electrons. The second kappa shape index (κ2) is 9.56. The molecule has 3 unspecified atom stereocenters. The quantitative estimate of drug-likeness (QED) is 0.650. The first-order valence-electron chi connectivity index (χ1n) is 11.4. The molecule has 3 heterocycles. The number of piperidine rings is 1. The summed E-state index contributed by atoms with van der Waals surface area (Å²) in [4.78, 5) is 44.6. The molecule has 1 aromatic carbocycles. The predicted molar refractivity (Wildman–Crippen MR) is 120 cm³/mol. The number of likely N-dealkylation sites (tertiary alicyclic amines) is 1. The van der Waals surface area contributed by atoms with Crippen molar-refractivity contribution in [3.63, 3.8) is 0 Å². The lowest BCUT2D eigenvalue weighted by Crippen LogP contribution is -2.60. The molecule has 1 aromatic rings. The number of ether oxygens (including phenoxy) is 1. The monoisotopic (exact) mass is 443 g/mol. The van der Waals surface area contributed by atoms with Crippen LogP contribution in [0.4, 0.5) is 5.69 Å². The van der Waals surface area contributed by atoms with Gasteiger partial charge in [0.2, 0.25) is 11.8 Å². The third-order valence-corrected chi connectivity index (χ3v) is 6.87. The van der Waals surface area contributed by atoms with Gasteiger partial charge in [0, 0.05) is 45.3 Å². The molecule has 3 aliphatic rings. The summed E-state index contributed by atoms with van der Waals surface area (Å²) in [6, 6.07) is 9.57. The van der Waals surface area contributed by atoms with Gasteiger partial charge in [-0.3, -0.25) is 24.2 Å². The van der Waals surface area contributed by atoms with Crippen molar-refractivity contribution < 1.29 is 19.1 Å². The number of nitrogens with one attached hydrogen (secondary N) is 1. The van der Waals surface area contributed by atoms with E-state index in [0.717, 1.165) is 5.69 Å². The third kappa shape index (κ3) is 4.51. The van der Waals surface area contributed by atoms with Gasteiger partial charge >= 0.3 is 5.97 Å². The van der Waals surface area contributed by atoms with E-state index in [-0.39, 0.29) is 48.2 Å². The molecule has 0 aliphatic carbocycles. The highest BCUT2D eigenvalue weighted by atomic mass is 16.5. The van der Waals surface area contributed by atoms with Crippen LogP contribution in [0.15, 0.2) is 30.3 Å². The van der Waals surface area contributed by atoms with Crippen molar-refractivity contribution in [1.82, 2.24) is 20.1 Å². The highest BCUT2D eigenvalue weighted by Crippen LogP contribution is 2.33. The first kappa shape index (κ1) is 22.7. The van der Waals surface area contributed by atoms with Crippen molar-refractivity contribution in [2.24, 2.45) is 11.8 Å². The predicted octanol–water partition coefficient (Wildman–Crippen LogP) is 0.180. The molecule has 0 saturated carbocycles. The molecule has 3 fully saturated rings. The van der Waals surface area contributed by atoms with Gasteiger partial charge in [-0.1, -0.05) is 18.2 Å². The summed E-state index contributed by atoms with van der Waals surface area (Å²) in [5.41, 5.74) is 4.17. The highest BCUT2D eigenvalue weighted by molar-refractivity contribution is 5.98. The Balaban J connectivity index is 1.49. The molecule has 3 aliphatic heterocycles. The molecule has 0 aromatic heterocycles. The summed E-state index contributed by atoms with van der Waals surface area (Å²) >= 11 is 0. The molecule has 3 atom stereocenters. The number of esters is 1. The fourth-order valence-electron chi connectivity index (χ4n) is 4.92. The standard InChI is InChI=1S/C23H33N5O4/c1-16(2)27-13-18(22(30)26-11-9-25(10-12-26)15-20(29)32-3)21-19(14-27)23(31)28(24-21)17-7-5-4-6-8-17/h4-8,16,18-19,21,24H,9-15H2,1-3H3. The van der Waals surface area contributed by atoms with Gasteiger partial charge in [0.15, 0.2) is 0 Å². The van der Waals surface area contributed by atoms with E-state index in [9.17, 15) is 14.4 Å². The Kier molecular flexibility index (Phi) is 6.78. The first-order chi connectivity index (χ1) is 15.4. The smallest absolute Gasteiger partial charge is 0.319 e. The SMILES string of the molecule is COC(=O)CN1CCN(C(=O)C2CN(C(C)C)CC3C(=O)N(c4ccccc4)NC23)CC1. The summed E-state index contributed by atoms with van der Waals surface area (Å²) < 4.78 is 4.75. The van der Waals surface area contributed by atoms with Crippen LogP contribution in [-0.2, 0) is 19.1 Å². The number of hydrazine groups is 1. The number of piperazine rings is 1. The minimum Gasteiger partial charge on any atom is -0.468 e. The molecule has 32 heavy (non-hydrogen) atoms. The Labute approximate surface area is 189 Å². The number of rotatable bonds is 5. The molecule has 0 bridgehead atoms. The van der Waals surface area contributed by atoms with Crippen LogP contribution in [0.1, 0.15) is 13.8 Å². The van der Waals surface area contributed by atoms with Gasteiger partial charge in [-0.05, 0) is 26.0 Å². The van der Waals surface area contributed by atoms with Gasteiger partial charge < -0.3 is 9.64 Å². The van der Waals surface area contributed by atoms with Gasteiger partial charge in [0.25, 0.3) is 0 Å².